The van der Waals surface area contributed by atoms with Crippen molar-refractivity contribution in [1.29, 1.82) is 0 Å². The molecule has 0 amide bonds. The second kappa shape index (κ2) is 7.22. The van der Waals surface area contributed by atoms with Crippen LogP contribution in [0.1, 0.15) is 44.6 Å². The molecule has 0 atom stereocenters. The maximum absolute atomic E-state index is 11.9. The zero-order valence-corrected chi connectivity index (χ0v) is 13.8. The van der Waals surface area contributed by atoms with E-state index >= 15 is 0 Å². The van der Waals surface area contributed by atoms with E-state index in [2.05, 4.69) is 18.9 Å². The Morgan fingerprint density at radius 3 is 2.35 bits per heavy atom. The predicted molar refractivity (Wildman–Crippen MR) is 82.7 cm³/mol. The molecule has 116 valence electrons. The SMILES string of the molecule is CCc1nn(CCS(=O)(=O)C(C)C)c(CC)c1CCN. The first kappa shape index (κ1) is 17.2. The van der Waals surface area contributed by atoms with Crippen molar-refractivity contribution in [2.45, 2.75) is 58.8 Å². The van der Waals surface area contributed by atoms with Crippen molar-refractivity contribution in [2.24, 2.45) is 5.73 Å². The highest BCUT2D eigenvalue weighted by Gasteiger charge is 2.19. The Kier molecular flexibility index (Phi) is 6.20. The van der Waals surface area contributed by atoms with E-state index in [1.807, 2.05) is 4.68 Å². The van der Waals surface area contributed by atoms with Crippen molar-refractivity contribution in [3.63, 3.8) is 0 Å². The minimum atomic E-state index is -3.03. The lowest BCUT2D eigenvalue weighted by molar-refractivity contribution is 0.565. The topological polar surface area (TPSA) is 78.0 Å². The largest absolute Gasteiger partial charge is 0.330 e. The number of aryl methyl sites for hydroxylation is 2. The van der Waals surface area contributed by atoms with Crippen LogP contribution in [-0.2, 0) is 35.6 Å². The van der Waals surface area contributed by atoms with Gasteiger partial charge in [0.25, 0.3) is 0 Å². The Labute approximate surface area is 122 Å². The Balaban J connectivity index is 3.01. The number of nitrogens with zero attached hydrogens (tertiary/aromatic N) is 2. The summed E-state index contributed by atoms with van der Waals surface area (Å²) in [4.78, 5) is 0. The zero-order chi connectivity index (χ0) is 15.3. The van der Waals surface area contributed by atoms with Crippen molar-refractivity contribution >= 4 is 9.84 Å². The molecule has 0 aromatic carbocycles. The van der Waals surface area contributed by atoms with Crippen LogP contribution in [-0.4, -0.2) is 35.7 Å². The lowest BCUT2D eigenvalue weighted by Gasteiger charge is -2.10. The van der Waals surface area contributed by atoms with Crippen LogP contribution in [0.25, 0.3) is 0 Å². The Morgan fingerprint density at radius 2 is 1.90 bits per heavy atom. The molecule has 0 radical (unpaired) electrons. The minimum Gasteiger partial charge on any atom is -0.330 e. The monoisotopic (exact) mass is 301 g/mol. The van der Waals surface area contributed by atoms with E-state index in [4.69, 9.17) is 5.73 Å². The van der Waals surface area contributed by atoms with E-state index in [1.54, 1.807) is 13.8 Å². The summed E-state index contributed by atoms with van der Waals surface area (Å²) in [5, 5.41) is 4.24. The third-order valence-electron chi connectivity index (χ3n) is 3.62. The van der Waals surface area contributed by atoms with Gasteiger partial charge >= 0.3 is 0 Å². The number of rotatable bonds is 8. The summed E-state index contributed by atoms with van der Waals surface area (Å²) in [6, 6.07) is 0. The fourth-order valence-electron chi connectivity index (χ4n) is 2.34. The van der Waals surface area contributed by atoms with Crippen LogP contribution in [0.5, 0.6) is 0 Å². The zero-order valence-electron chi connectivity index (χ0n) is 13.0. The fraction of sp³-hybridized carbons (Fsp3) is 0.786. The molecule has 0 fully saturated rings. The van der Waals surface area contributed by atoms with E-state index in [0.29, 0.717) is 13.1 Å². The van der Waals surface area contributed by atoms with E-state index in [0.717, 1.165) is 30.7 Å². The minimum absolute atomic E-state index is 0.143. The van der Waals surface area contributed by atoms with Gasteiger partial charge in [-0.15, -0.1) is 0 Å². The van der Waals surface area contributed by atoms with Crippen molar-refractivity contribution < 1.29 is 8.42 Å². The summed E-state index contributed by atoms with van der Waals surface area (Å²) in [5.74, 6) is 0.143. The van der Waals surface area contributed by atoms with Crippen LogP contribution in [0.4, 0.5) is 0 Å². The molecule has 5 nitrogen and oxygen atoms in total. The van der Waals surface area contributed by atoms with Gasteiger partial charge in [0.1, 0.15) is 0 Å². The molecular weight excluding hydrogens is 274 g/mol. The van der Waals surface area contributed by atoms with Crippen molar-refractivity contribution in [3.05, 3.63) is 17.0 Å². The second-order valence-electron chi connectivity index (χ2n) is 5.26. The number of nitrogens with two attached hydrogens (primary N) is 1. The number of hydrogen-bond donors (Lipinski definition) is 1. The molecule has 0 saturated carbocycles. The Morgan fingerprint density at radius 1 is 1.25 bits per heavy atom. The first-order chi connectivity index (χ1) is 9.37. The summed E-state index contributed by atoms with van der Waals surface area (Å²) in [5.41, 5.74) is 9.06. The van der Waals surface area contributed by atoms with Gasteiger partial charge < -0.3 is 5.73 Å². The standard InChI is InChI=1S/C14H27N3O2S/c1-5-13-12(7-8-15)14(6-2)17(16-13)9-10-20(18,19)11(3)4/h11H,5-10,15H2,1-4H3. The molecule has 20 heavy (non-hydrogen) atoms. The van der Waals surface area contributed by atoms with E-state index in [1.165, 1.54) is 5.56 Å². The first-order valence-corrected chi connectivity index (χ1v) is 9.07. The highest BCUT2D eigenvalue weighted by atomic mass is 32.2. The van der Waals surface area contributed by atoms with Crippen molar-refractivity contribution in [3.8, 4) is 0 Å². The number of sulfone groups is 1. The lowest BCUT2D eigenvalue weighted by Crippen LogP contribution is -2.22. The van der Waals surface area contributed by atoms with Crippen LogP contribution < -0.4 is 5.73 Å². The third kappa shape index (κ3) is 3.82. The average Bonchev–Trinajstić information content (AvgIpc) is 2.74. The van der Waals surface area contributed by atoms with Gasteiger partial charge in [0.15, 0.2) is 9.84 Å². The molecule has 0 aliphatic carbocycles. The van der Waals surface area contributed by atoms with Crippen LogP contribution in [0, 0.1) is 0 Å². The molecule has 0 aliphatic heterocycles. The molecule has 0 saturated heterocycles. The van der Waals surface area contributed by atoms with Gasteiger partial charge in [0.05, 0.1) is 23.2 Å². The van der Waals surface area contributed by atoms with Gasteiger partial charge in [0.2, 0.25) is 0 Å². The first-order valence-electron chi connectivity index (χ1n) is 7.36. The van der Waals surface area contributed by atoms with Crippen LogP contribution in [0.3, 0.4) is 0 Å². The maximum atomic E-state index is 11.9. The molecule has 1 aromatic rings. The molecule has 1 rings (SSSR count). The highest BCUT2D eigenvalue weighted by molar-refractivity contribution is 7.91. The third-order valence-corrected chi connectivity index (χ3v) is 5.81. The molecule has 0 spiro atoms. The fourth-order valence-corrected chi connectivity index (χ4v) is 3.23. The maximum Gasteiger partial charge on any atom is 0.154 e. The van der Waals surface area contributed by atoms with E-state index < -0.39 is 9.84 Å². The molecule has 2 N–H and O–H groups in total. The van der Waals surface area contributed by atoms with Crippen molar-refractivity contribution in [2.75, 3.05) is 12.3 Å². The Bertz CT molecular complexity index is 533. The molecule has 0 aliphatic rings. The molecule has 1 aromatic heterocycles. The summed E-state index contributed by atoms with van der Waals surface area (Å²) in [6.45, 7) is 8.60. The normalized spacial score (nSPS) is 12.3. The quantitative estimate of drug-likeness (QED) is 0.786. The summed E-state index contributed by atoms with van der Waals surface area (Å²) in [6.07, 6.45) is 2.51. The number of hydrogen-bond acceptors (Lipinski definition) is 4. The second-order valence-corrected chi connectivity index (χ2v) is 7.93. The highest BCUT2D eigenvalue weighted by Crippen LogP contribution is 2.17. The van der Waals surface area contributed by atoms with Gasteiger partial charge in [-0.25, -0.2) is 8.42 Å². The molecule has 1 heterocycles. The van der Waals surface area contributed by atoms with Gasteiger partial charge in [0, 0.05) is 5.69 Å². The van der Waals surface area contributed by atoms with Gasteiger partial charge in [-0.05, 0) is 45.2 Å². The summed E-state index contributed by atoms with van der Waals surface area (Å²) in [7, 11) is -3.03. The number of aromatic nitrogens is 2. The molecule has 0 unspecified atom stereocenters. The molecular formula is C14H27N3O2S. The smallest absolute Gasteiger partial charge is 0.154 e. The van der Waals surface area contributed by atoms with E-state index in [-0.39, 0.29) is 11.0 Å². The summed E-state index contributed by atoms with van der Waals surface area (Å²) < 4.78 is 25.7. The van der Waals surface area contributed by atoms with Crippen LogP contribution >= 0.6 is 0 Å². The Hall–Kier alpha value is -0.880. The average molecular weight is 301 g/mol. The van der Waals surface area contributed by atoms with Gasteiger partial charge in [-0.1, -0.05) is 13.8 Å². The van der Waals surface area contributed by atoms with Crippen LogP contribution in [0.2, 0.25) is 0 Å². The van der Waals surface area contributed by atoms with Crippen molar-refractivity contribution in [1.82, 2.24) is 9.78 Å². The van der Waals surface area contributed by atoms with Gasteiger partial charge in [-0.2, -0.15) is 5.10 Å². The van der Waals surface area contributed by atoms with E-state index in [9.17, 15) is 8.42 Å². The lowest BCUT2D eigenvalue weighted by atomic mass is 10.1. The van der Waals surface area contributed by atoms with Gasteiger partial charge in [-0.3, -0.25) is 4.68 Å². The summed E-state index contributed by atoms with van der Waals surface area (Å²) >= 11 is 0. The molecule has 0 bridgehead atoms. The predicted octanol–water partition coefficient (Wildman–Crippen LogP) is 1.33. The van der Waals surface area contributed by atoms with Crippen LogP contribution in [0.15, 0.2) is 0 Å². The molecule has 6 heteroatoms.